The summed E-state index contributed by atoms with van der Waals surface area (Å²) in [7, 11) is 1.85. The van der Waals surface area contributed by atoms with Crippen molar-refractivity contribution in [3.63, 3.8) is 0 Å². The number of aliphatic hydroxyl groups is 1. The van der Waals surface area contributed by atoms with Crippen LogP contribution in [0.5, 0.6) is 0 Å². The molecule has 1 fully saturated rings. The van der Waals surface area contributed by atoms with Gasteiger partial charge in [0.2, 0.25) is 5.89 Å². The third-order valence-corrected chi connectivity index (χ3v) is 3.59. The normalized spacial score (nSPS) is 19.8. The lowest BCUT2D eigenvalue weighted by Crippen LogP contribution is -2.45. The van der Waals surface area contributed by atoms with Crippen LogP contribution in [0, 0.1) is 0 Å². The number of hydrogen-bond donors (Lipinski definition) is 2. The summed E-state index contributed by atoms with van der Waals surface area (Å²) in [6.07, 6.45) is 1.26. The molecule has 0 radical (unpaired) electrons. The number of nitrogens with one attached hydrogen (secondary N) is 1. The van der Waals surface area contributed by atoms with E-state index in [0.717, 1.165) is 6.54 Å². The number of likely N-dealkylation sites (N-methyl/N-ethyl adjacent to an activating group) is 1. The van der Waals surface area contributed by atoms with Crippen molar-refractivity contribution >= 4 is 6.01 Å². The summed E-state index contributed by atoms with van der Waals surface area (Å²) in [5.41, 5.74) is -0.741. The Labute approximate surface area is 119 Å². The van der Waals surface area contributed by atoms with Gasteiger partial charge in [0.25, 0.3) is 0 Å². The van der Waals surface area contributed by atoms with E-state index in [1.807, 2.05) is 20.9 Å². The fraction of sp³-hybridized carbons (Fsp3) is 0.846. The van der Waals surface area contributed by atoms with Crippen LogP contribution >= 0.6 is 0 Å². The molecule has 1 unspecified atom stereocenters. The van der Waals surface area contributed by atoms with Gasteiger partial charge in [-0.2, -0.15) is 0 Å². The molecule has 1 aromatic heterocycles. The minimum absolute atomic E-state index is 0.0285. The van der Waals surface area contributed by atoms with Crippen LogP contribution in [-0.2, 0) is 4.74 Å². The third kappa shape index (κ3) is 3.68. The van der Waals surface area contributed by atoms with E-state index in [-0.39, 0.29) is 6.04 Å². The summed E-state index contributed by atoms with van der Waals surface area (Å²) in [5, 5.41) is 21.8. The quantitative estimate of drug-likeness (QED) is 0.796. The maximum absolute atomic E-state index is 10.5. The van der Waals surface area contributed by atoms with Crippen LogP contribution in [0.25, 0.3) is 0 Å². The molecule has 0 bridgehead atoms. The van der Waals surface area contributed by atoms with Gasteiger partial charge in [-0.3, -0.25) is 0 Å². The summed E-state index contributed by atoms with van der Waals surface area (Å²) in [6, 6.07) is 0.463. The minimum Gasteiger partial charge on any atom is -0.406 e. The Morgan fingerprint density at radius 2 is 2.10 bits per heavy atom. The molecule has 2 heterocycles. The molecule has 0 spiro atoms. The Morgan fingerprint density at radius 1 is 1.40 bits per heavy atom. The molecule has 1 aliphatic heterocycles. The van der Waals surface area contributed by atoms with Crippen molar-refractivity contribution in [2.75, 3.05) is 38.3 Å². The van der Waals surface area contributed by atoms with Gasteiger partial charge in [0.15, 0.2) is 0 Å². The molecule has 2 N–H and O–H groups in total. The number of ether oxygens (including phenoxy) is 1. The number of anilines is 1. The van der Waals surface area contributed by atoms with Gasteiger partial charge in [-0.1, -0.05) is 12.0 Å². The van der Waals surface area contributed by atoms with E-state index in [9.17, 15) is 5.11 Å². The number of hydrogen-bond acceptors (Lipinski definition) is 7. The molecule has 0 amide bonds. The highest BCUT2D eigenvalue weighted by Crippen LogP contribution is 2.24. The summed E-state index contributed by atoms with van der Waals surface area (Å²) in [6.45, 7) is 6.50. The second-order valence-electron chi connectivity index (χ2n) is 5.40. The average Bonchev–Trinajstić information content (AvgIpc) is 2.89. The van der Waals surface area contributed by atoms with Crippen molar-refractivity contribution < 1.29 is 14.3 Å². The highest BCUT2D eigenvalue weighted by molar-refractivity contribution is 5.23. The van der Waals surface area contributed by atoms with Gasteiger partial charge >= 0.3 is 6.01 Å². The zero-order chi connectivity index (χ0) is 14.6. The first-order valence-corrected chi connectivity index (χ1v) is 7.12. The Morgan fingerprint density at radius 3 is 2.75 bits per heavy atom. The van der Waals surface area contributed by atoms with Crippen molar-refractivity contribution in [2.45, 2.75) is 38.3 Å². The van der Waals surface area contributed by atoms with Crippen LogP contribution in [0.3, 0.4) is 0 Å². The van der Waals surface area contributed by atoms with Crippen LogP contribution in [0.1, 0.15) is 38.6 Å². The Kier molecular flexibility index (Phi) is 4.95. The summed E-state index contributed by atoms with van der Waals surface area (Å²) >= 11 is 0. The van der Waals surface area contributed by atoms with Gasteiger partial charge in [-0.15, -0.1) is 5.10 Å². The van der Waals surface area contributed by atoms with Crippen molar-refractivity contribution in [1.82, 2.24) is 15.5 Å². The SMILES string of the molecule is CCNC(C)c1nnc(N(C)CC2(O)CCOCC2)o1. The van der Waals surface area contributed by atoms with Crippen LogP contribution < -0.4 is 10.2 Å². The number of nitrogens with zero attached hydrogens (tertiary/aromatic N) is 3. The van der Waals surface area contributed by atoms with Crippen molar-refractivity contribution in [3.8, 4) is 0 Å². The molecule has 0 aromatic carbocycles. The van der Waals surface area contributed by atoms with Gasteiger partial charge in [-0.05, 0) is 13.5 Å². The maximum Gasteiger partial charge on any atom is 0.318 e. The molecule has 7 nitrogen and oxygen atoms in total. The topological polar surface area (TPSA) is 83.7 Å². The summed E-state index contributed by atoms with van der Waals surface area (Å²) in [4.78, 5) is 1.81. The van der Waals surface area contributed by atoms with Crippen LogP contribution in [0.15, 0.2) is 4.42 Å². The second kappa shape index (κ2) is 6.51. The van der Waals surface area contributed by atoms with Gasteiger partial charge in [0.1, 0.15) is 0 Å². The lowest BCUT2D eigenvalue weighted by atomic mass is 9.94. The summed E-state index contributed by atoms with van der Waals surface area (Å²) < 4.78 is 10.9. The zero-order valence-corrected chi connectivity index (χ0v) is 12.4. The largest absolute Gasteiger partial charge is 0.406 e. The first-order chi connectivity index (χ1) is 9.54. The molecule has 0 aliphatic carbocycles. The van der Waals surface area contributed by atoms with E-state index in [0.29, 0.717) is 44.5 Å². The van der Waals surface area contributed by atoms with Crippen LogP contribution in [0.2, 0.25) is 0 Å². The second-order valence-corrected chi connectivity index (χ2v) is 5.40. The Bertz CT molecular complexity index is 418. The Balaban J connectivity index is 1.96. The van der Waals surface area contributed by atoms with Crippen molar-refractivity contribution in [3.05, 3.63) is 5.89 Å². The molecule has 20 heavy (non-hydrogen) atoms. The molecule has 0 saturated carbocycles. The molecule has 1 atom stereocenters. The third-order valence-electron chi connectivity index (χ3n) is 3.59. The van der Waals surface area contributed by atoms with E-state index >= 15 is 0 Å². The standard InChI is InChI=1S/C13H24N4O3/c1-4-14-10(2)11-15-16-12(20-11)17(3)9-13(18)5-7-19-8-6-13/h10,14,18H,4-9H2,1-3H3. The first kappa shape index (κ1) is 15.2. The first-order valence-electron chi connectivity index (χ1n) is 7.12. The lowest BCUT2D eigenvalue weighted by Gasteiger charge is -2.34. The maximum atomic E-state index is 10.5. The molecule has 1 aromatic rings. The predicted molar refractivity (Wildman–Crippen MR) is 74.7 cm³/mol. The van der Waals surface area contributed by atoms with Crippen LogP contribution in [0.4, 0.5) is 6.01 Å². The van der Waals surface area contributed by atoms with E-state index in [1.54, 1.807) is 4.90 Å². The van der Waals surface area contributed by atoms with Gasteiger partial charge in [0, 0.05) is 33.1 Å². The van der Waals surface area contributed by atoms with Crippen LogP contribution in [-0.4, -0.2) is 54.3 Å². The fourth-order valence-corrected chi connectivity index (χ4v) is 2.37. The molecular weight excluding hydrogens is 260 g/mol. The monoisotopic (exact) mass is 284 g/mol. The zero-order valence-electron chi connectivity index (χ0n) is 12.4. The van der Waals surface area contributed by atoms with Crippen molar-refractivity contribution in [1.29, 1.82) is 0 Å². The smallest absolute Gasteiger partial charge is 0.318 e. The van der Waals surface area contributed by atoms with E-state index < -0.39 is 5.60 Å². The van der Waals surface area contributed by atoms with Gasteiger partial charge < -0.3 is 24.5 Å². The van der Waals surface area contributed by atoms with E-state index in [2.05, 4.69) is 15.5 Å². The summed E-state index contributed by atoms with van der Waals surface area (Å²) in [5.74, 6) is 0.563. The van der Waals surface area contributed by atoms with Crippen molar-refractivity contribution in [2.24, 2.45) is 0 Å². The number of aromatic nitrogens is 2. The molecule has 1 aliphatic rings. The predicted octanol–water partition coefficient (Wildman–Crippen LogP) is 0.718. The van der Waals surface area contributed by atoms with Gasteiger partial charge in [-0.25, -0.2) is 0 Å². The fourth-order valence-electron chi connectivity index (χ4n) is 2.37. The number of rotatable bonds is 6. The highest BCUT2D eigenvalue weighted by atomic mass is 16.5. The Hall–Kier alpha value is -1.18. The molecule has 1 saturated heterocycles. The highest BCUT2D eigenvalue weighted by Gasteiger charge is 2.32. The molecular formula is C13H24N4O3. The van der Waals surface area contributed by atoms with Gasteiger partial charge in [0.05, 0.1) is 18.2 Å². The average molecular weight is 284 g/mol. The van der Waals surface area contributed by atoms with E-state index in [4.69, 9.17) is 9.15 Å². The lowest BCUT2D eigenvalue weighted by molar-refractivity contribution is -0.0576. The minimum atomic E-state index is -0.741. The molecule has 2 rings (SSSR count). The molecule has 7 heteroatoms. The molecule has 114 valence electrons. The van der Waals surface area contributed by atoms with E-state index in [1.165, 1.54) is 0 Å².